The van der Waals surface area contributed by atoms with Crippen molar-refractivity contribution in [3.05, 3.63) is 54.2 Å². The second-order valence-electron chi connectivity index (χ2n) is 7.57. The average Bonchev–Trinajstić information content (AvgIpc) is 3.22. The molecule has 0 aliphatic heterocycles. The van der Waals surface area contributed by atoms with E-state index in [-0.39, 0.29) is 35.3 Å². The number of ether oxygens (including phenoxy) is 1. The zero-order chi connectivity index (χ0) is 20.9. The van der Waals surface area contributed by atoms with Crippen molar-refractivity contribution in [1.82, 2.24) is 19.7 Å². The Kier molecular flexibility index (Phi) is 5.89. The third kappa shape index (κ3) is 4.37. The number of nitrogens with one attached hydrogen (secondary N) is 1. The zero-order valence-corrected chi connectivity index (χ0v) is 16.2. The molecule has 1 aliphatic rings. The average molecular weight is 436 g/mol. The van der Waals surface area contributed by atoms with E-state index < -0.39 is 6.36 Å². The van der Waals surface area contributed by atoms with Crippen LogP contribution in [0.15, 0.2) is 48.5 Å². The number of hydrogen-bond acceptors (Lipinski definition) is 3. The summed E-state index contributed by atoms with van der Waals surface area (Å²) in [6.07, 6.45) is -1.18. The number of imidazole rings is 1. The molecule has 0 unspecified atom stereocenters. The molecule has 2 aromatic heterocycles. The normalized spacial score (nSPS) is 14.3. The Morgan fingerprint density at radius 1 is 1.10 bits per heavy atom. The number of hydrogen-bond donors (Lipinski definition) is 1. The number of aromatic nitrogens is 4. The van der Waals surface area contributed by atoms with Crippen LogP contribution in [0.4, 0.5) is 13.2 Å². The van der Waals surface area contributed by atoms with Crippen LogP contribution in [0.3, 0.4) is 0 Å². The molecule has 156 valence electrons. The van der Waals surface area contributed by atoms with Gasteiger partial charge in [0.2, 0.25) is 0 Å². The summed E-state index contributed by atoms with van der Waals surface area (Å²) in [5, 5.41) is 4.62. The summed E-state index contributed by atoms with van der Waals surface area (Å²) in [6.45, 7) is 0. The molecule has 0 radical (unpaired) electrons. The molecule has 0 atom stereocenters. The number of aryl methyl sites for hydroxylation is 1. The molecule has 2 aromatic carbocycles. The Labute approximate surface area is 198 Å². The Balaban J connectivity index is 0.00000231. The first kappa shape index (κ1) is 21.9. The van der Waals surface area contributed by atoms with E-state index in [0.29, 0.717) is 28.4 Å². The molecular formula is C22H20F3N4NaO. The number of halogens is 3. The molecular weight excluding hydrogens is 416 g/mol. The number of benzene rings is 2. The van der Waals surface area contributed by atoms with Crippen LogP contribution in [0.2, 0.25) is 0 Å². The number of H-pyrrole nitrogens is 1. The van der Waals surface area contributed by atoms with E-state index in [0.717, 1.165) is 16.9 Å². The van der Waals surface area contributed by atoms with Crippen LogP contribution >= 0.6 is 0 Å². The van der Waals surface area contributed by atoms with Crippen LogP contribution in [-0.2, 0) is 7.05 Å². The zero-order valence-electron chi connectivity index (χ0n) is 16.2. The van der Waals surface area contributed by atoms with E-state index in [2.05, 4.69) is 25.9 Å². The predicted molar refractivity (Wildman–Crippen MR) is 114 cm³/mol. The molecule has 0 spiro atoms. The van der Waals surface area contributed by atoms with E-state index >= 15 is 0 Å². The molecule has 1 aliphatic carbocycles. The first-order valence-corrected chi connectivity index (χ1v) is 9.76. The van der Waals surface area contributed by atoms with Gasteiger partial charge >= 0.3 is 35.9 Å². The Hall–Kier alpha value is -2.29. The van der Waals surface area contributed by atoms with Crippen molar-refractivity contribution < 1.29 is 17.9 Å². The molecule has 0 bridgehead atoms. The maximum absolute atomic E-state index is 12.8. The van der Waals surface area contributed by atoms with Gasteiger partial charge in [0.15, 0.2) is 5.82 Å². The van der Waals surface area contributed by atoms with Crippen LogP contribution in [0.5, 0.6) is 5.75 Å². The van der Waals surface area contributed by atoms with Crippen molar-refractivity contribution in [2.24, 2.45) is 7.05 Å². The maximum atomic E-state index is 12.8. The standard InChI is InChI=1S/C22H19F3N4O.Na.H/c1-29-19(12-17(28-29)13-5-4-6-13)21-26-16-10-9-14(11-18(16)27-21)15-7-2-3-8-20(15)30-22(23,24)25;;/h2-3,7-13H,4-6H2,1H3,(H,26,27);;. The number of nitrogens with zero attached hydrogens (tertiary/aromatic N) is 3. The number of alkyl halides is 3. The van der Waals surface area contributed by atoms with E-state index in [4.69, 9.17) is 0 Å². The summed E-state index contributed by atoms with van der Waals surface area (Å²) in [5.41, 5.74) is 4.38. The van der Waals surface area contributed by atoms with Gasteiger partial charge in [-0.2, -0.15) is 5.10 Å². The molecule has 9 heteroatoms. The van der Waals surface area contributed by atoms with Crippen LogP contribution in [0.25, 0.3) is 33.7 Å². The van der Waals surface area contributed by atoms with Crippen LogP contribution < -0.4 is 4.74 Å². The molecule has 2 heterocycles. The molecule has 5 nitrogen and oxygen atoms in total. The monoisotopic (exact) mass is 436 g/mol. The van der Waals surface area contributed by atoms with Crippen molar-refractivity contribution in [2.45, 2.75) is 31.5 Å². The van der Waals surface area contributed by atoms with Gasteiger partial charge in [0, 0.05) is 18.5 Å². The van der Waals surface area contributed by atoms with Crippen molar-refractivity contribution in [2.75, 3.05) is 0 Å². The fraction of sp³-hybridized carbons (Fsp3) is 0.273. The van der Waals surface area contributed by atoms with Crippen molar-refractivity contribution >= 4 is 40.6 Å². The second kappa shape index (κ2) is 8.33. The number of fused-ring (bicyclic) bond motifs is 1. The van der Waals surface area contributed by atoms with E-state index in [9.17, 15) is 13.2 Å². The van der Waals surface area contributed by atoms with Gasteiger partial charge in [-0.15, -0.1) is 13.2 Å². The summed E-state index contributed by atoms with van der Waals surface area (Å²) < 4.78 is 44.3. The Bertz CT molecular complexity index is 1230. The first-order chi connectivity index (χ1) is 14.4. The predicted octanol–water partition coefficient (Wildman–Crippen LogP) is 5.15. The third-order valence-electron chi connectivity index (χ3n) is 5.57. The van der Waals surface area contributed by atoms with Crippen LogP contribution in [0.1, 0.15) is 30.9 Å². The number of para-hydroxylation sites is 1. The van der Waals surface area contributed by atoms with Crippen molar-refractivity contribution in [3.8, 4) is 28.4 Å². The van der Waals surface area contributed by atoms with E-state index in [1.54, 1.807) is 24.3 Å². The summed E-state index contributed by atoms with van der Waals surface area (Å²) in [5.74, 6) is 0.963. The van der Waals surface area contributed by atoms with E-state index in [1.807, 2.05) is 17.8 Å². The summed E-state index contributed by atoms with van der Waals surface area (Å²) in [6, 6.07) is 13.5. The van der Waals surface area contributed by atoms with Crippen molar-refractivity contribution in [3.63, 3.8) is 0 Å². The fourth-order valence-electron chi connectivity index (χ4n) is 3.83. The van der Waals surface area contributed by atoms with Gasteiger partial charge in [0.25, 0.3) is 0 Å². The van der Waals surface area contributed by atoms with Crippen LogP contribution in [-0.4, -0.2) is 55.7 Å². The minimum atomic E-state index is -4.75. The third-order valence-corrected chi connectivity index (χ3v) is 5.57. The van der Waals surface area contributed by atoms with Gasteiger partial charge in [-0.1, -0.05) is 30.7 Å². The van der Waals surface area contributed by atoms with Gasteiger partial charge in [-0.25, -0.2) is 4.98 Å². The summed E-state index contributed by atoms with van der Waals surface area (Å²) >= 11 is 0. The molecule has 1 saturated carbocycles. The Morgan fingerprint density at radius 2 is 1.87 bits per heavy atom. The molecule has 0 amide bonds. The number of rotatable bonds is 4. The first-order valence-electron chi connectivity index (χ1n) is 9.76. The molecule has 1 N–H and O–H groups in total. The summed E-state index contributed by atoms with van der Waals surface area (Å²) in [7, 11) is 1.89. The molecule has 4 aromatic rings. The molecule has 31 heavy (non-hydrogen) atoms. The summed E-state index contributed by atoms with van der Waals surface area (Å²) in [4.78, 5) is 7.96. The van der Waals surface area contributed by atoms with Crippen LogP contribution in [0, 0.1) is 0 Å². The van der Waals surface area contributed by atoms with Gasteiger partial charge in [-0.3, -0.25) is 4.68 Å². The number of aromatic amines is 1. The molecule has 0 saturated heterocycles. The van der Waals surface area contributed by atoms with E-state index in [1.165, 1.54) is 31.4 Å². The van der Waals surface area contributed by atoms with Gasteiger partial charge in [0.1, 0.15) is 11.4 Å². The fourth-order valence-corrected chi connectivity index (χ4v) is 3.83. The van der Waals surface area contributed by atoms with Gasteiger partial charge < -0.3 is 9.72 Å². The van der Waals surface area contributed by atoms with Gasteiger partial charge in [-0.05, 0) is 42.7 Å². The quantitative estimate of drug-likeness (QED) is 0.451. The molecule has 1 fully saturated rings. The topological polar surface area (TPSA) is 55.7 Å². The van der Waals surface area contributed by atoms with Gasteiger partial charge in [0.05, 0.1) is 16.7 Å². The second-order valence-corrected chi connectivity index (χ2v) is 7.57. The van der Waals surface area contributed by atoms with Crippen molar-refractivity contribution in [1.29, 1.82) is 0 Å². The molecule has 5 rings (SSSR count). The SMILES string of the molecule is Cn1nc(C2CCC2)cc1-c1nc2cc(-c3ccccc3OC(F)(F)F)ccc2[nH]1.[NaH]. The minimum absolute atomic E-state index is 0. The Morgan fingerprint density at radius 3 is 2.58 bits per heavy atom.